The summed E-state index contributed by atoms with van der Waals surface area (Å²) in [4.78, 5) is 24.3. The van der Waals surface area contributed by atoms with E-state index in [9.17, 15) is 9.59 Å². The Kier molecular flexibility index (Phi) is 10.3. The smallest absolute Gasteiger partial charge is 0.258 e. The third-order valence-electron chi connectivity index (χ3n) is 4.10. The van der Waals surface area contributed by atoms with E-state index in [4.69, 9.17) is 9.47 Å². The third kappa shape index (κ3) is 8.40. The number of carbonyl (C=O) groups is 2. The van der Waals surface area contributed by atoms with E-state index in [2.05, 4.69) is 74.4 Å². The van der Waals surface area contributed by atoms with Crippen LogP contribution >= 0.6 is 63.7 Å². The first kappa shape index (κ1) is 26.2. The van der Waals surface area contributed by atoms with E-state index >= 15 is 0 Å². The normalized spacial score (nSPS) is 11.6. The largest absolute Gasteiger partial charge is 0.482 e. The molecule has 0 aliphatic rings. The van der Waals surface area contributed by atoms with Gasteiger partial charge < -0.3 is 20.1 Å². The first-order valence-corrected chi connectivity index (χ1v) is 12.5. The number of halogens is 4. The van der Waals surface area contributed by atoms with Gasteiger partial charge in [-0.05, 0) is 88.0 Å². The molecule has 0 saturated heterocycles. The number of ether oxygens (including phenoxy) is 2. The molecule has 0 aliphatic heterocycles. The zero-order valence-electron chi connectivity index (χ0n) is 17.2. The molecule has 1 atom stereocenters. The molecule has 0 radical (unpaired) electrons. The summed E-state index contributed by atoms with van der Waals surface area (Å²) >= 11 is 13.7. The van der Waals surface area contributed by atoms with Crippen molar-refractivity contribution < 1.29 is 19.1 Å². The van der Waals surface area contributed by atoms with E-state index in [1.54, 1.807) is 6.92 Å². The van der Waals surface area contributed by atoms with Crippen molar-refractivity contribution in [3.8, 4) is 11.5 Å². The van der Waals surface area contributed by atoms with Crippen LogP contribution in [-0.4, -0.2) is 37.6 Å². The molecule has 1 unspecified atom stereocenters. The highest BCUT2D eigenvalue weighted by Gasteiger charge is 2.14. The summed E-state index contributed by atoms with van der Waals surface area (Å²) in [5.74, 6) is 0.680. The number of nitrogens with one attached hydrogen (secondary N) is 2. The predicted molar refractivity (Wildman–Crippen MR) is 135 cm³/mol. The topological polar surface area (TPSA) is 76.7 Å². The van der Waals surface area contributed by atoms with Gasteiger partial charge in [0.15, 0.2) is 13.2 Å². The molecule has 0 saturated carbocycles. The average Bonchev–Trinajstić information content (AvgIpc) is 2.64. The maximum atomic E-state index is 12.2. The Morgan fingerprint density at radius 3 is 1.74 bits per heavy atom. The van der Waals surface area contributed by atoms with Gasteiger partial charge in [-0.25, -0.2) is 0 Å². The van der Waals surface area contributed by atoms with Gasteiger partial charge in [0.1, 0.15) is 11.5 Å². The fourth-order valence-electron chi connectivity index (χ4n) is 2.70. The van der Waals surface area contributed by atoms with Gasteiger partial charge in [-0.15, -0.1) is 0 Å². The molecule has 0 aromatic heterocycles. The Bertz CT molecular complexity index is 922. The zero-order chi connectivity index (χ0) is 23.1. The molecule has 168 valence electrons. The summed E-state index contributed by atoms with van der Waals surface area (Å²) in [7, 11) is 0. The van der Waals surface area contributed by atoms with Gasteiger partial charge in [0, 0.05) is 21.5 Å². The minimum atomic E-state index is -0.277. The molecule has 31 heavy (non-hydrogen) atoms. The fourth-order valence-corrected chi connectivity index (χ4v) is 5.81. The second kappa shape index (κ2) is 12.2. The highest BCUT2D eigenvalue weighted by Crippen LogP contribution is 2.33. The number of hydrogen-bond donors (Lipinski definition) is 2. The van der Waals surface area contributed by atoms with Crippen LogP contribution in [0.3, 0.4) is 0 Å². The van der Waals surface area contributed by atoms with Gasteiger partial charge in [-0.1, -0.05) is 31.9 Å². The molecule has 2 amide bonds. The highest BCUT2D eigenvalue weighted by molar-refractivity contribution is 9.11. The maximum Gasteiger partial charge on any atom is 0.258 e. The Hall–Kier alpha value is -1.10. The molecule has 2 N–H and O–H groups in total. The van der Waals surface area contributed by atoms with E-state index in [0.29, 0.717) is 11.5 Å². The Balaban J connectivity index is 1.74. The minimum absolute atomic E-state index is 0.123. The molecule has 2 aromatic rings. The van der Waals surface area contributed by atoms with Crippen LogP contribution in [0, 0.1) is 13.8 Å². The fraction of sp³-hybridized carbons (Fsp3) is 0.333. The van der Waals surface area contributed by atoms with Crippen LogP contribution < -0.4 is 20.1 Å². The average molecular weight is 686 g/mol. The van der Waals surface area contributed by atoms with E-state index in [0.717, 1.165) is 29.0 Å². The van der Waals surface area contributed by atoms with Crippen LogP contribution in [-0.2, 0) is 9.59 Å². The van der Waals surface area contributed by atoms with Crippen LogP contribution in [0.4, 0.5) is 0 Å². The van der Waals surface area contributed by atoms with E-state index in [1.165, 1.54) is 0 Å². The Morgan fingerprint density at radius 2 is 1.29 bits per heavy atom. The number of aryl methyl sites for hydroxylation is 2. The Labute approximate surface area is 215 Å². The van der Waals surface area contributed by atoms with Gasteiger partial charge in [0.2, 0.25) is 0 Å². The summed E-state index contributed by atoms with van der Waals surface area (Å²) < 4.78 is 14.6. The van der Waals surface area contributed by atoms with Crippen LogP contribution in [0.1, 0.15) is 18.1 Å². The van der Waals surface area contributed by atoms with E-state index in [-0.39, 0.29) is 37.6 Å². The number of rotatable bonds is 9. The first-order chi connectivity index (χ1) is 14.6. The predicted octanol–water partition coefficient (Wildman–Crippen LogP) is 5.43. The zero-order valence-corrected chi connectivity index (χ0v) is 23.5. The summed E-state index contributed by atoms with van der Waals surface area (Å²) in [6.07, 6.45) is 0. The number of hydrogen-bond acceptors (Lipinski definition) is 4. The molecule has 0 heterocycles. The molecule has 0 bridgehead atoms. The summed E-state index contributed by atoms with van der Waals surface area (Å²) in [6.45, 7) is 5.62. The highest BCUT2D eigenvalue weighted by atomic mass is 79.9. The second-order valence-electron chi connectivity index (χ2n) is 6.92. The van der Waals surface area contributed by atoms with Crippen molar-refractivity contribution in [2.45, 2.75) is 26.8 Å². The minimum Gasteiger partial charge on any atom is -0.482 e. The van der Waals surface area contributed by atoms with Crippen LogP contribution in [0.15, 0.2) is 42.2 Å². The monoisotopic (exact) mass is 682 g/mol. The molecule has 2 rings (SSSR count). The molecule has 6 nitrogen and oxygen atoms in total. The van der Waals surface area contributed by atoms with Gasteiger partial charge in [0.05, 0.1) is 8.95 Å². The van der Waals surface area contributed by atoms with Crippen molar-refractivity contribution in [3.63, 3.8) is 0 Å². The lowest BCUT2D eigenvalue weighted by molar-refractivity contribution is -0.125. The Morgan fingerprint density at radius 1 is 0.839 bits per heavy atom. The van der Waals surface area contributed by atoms with Crippen molar-refractivity contribution >= 4 is 75.5 Å². The van der Waals surface area contributed by atoms with Crippen molar-refractivity contribution in [2.75, 3.05) is 19.8 Å². The summed E-state index contributed by atoms with van der Waals surface area (Å²) in [5.41, 5.74) is 1.81. The van der Waals surface area contributed by atoms with Crippen LogP contribution in [0.25, 0.3) is 0 Å². The molecule has 10 heteroatoms. The molecular weight excluding hydrogens is 664 g/mol. The number of benzene rings is 2. The van der Waals surface area contributed by atoms with E-state index < -0.39 is 0 Å². The van der Waals surface area contributed by atoms with E-state index in [1.807, 2.05) is 38.1 Å². The summed E-state index contributed by atoms with van der Waals surface area (Å²) in [5, 5.41) is 5.55. The summed E-state index contributed by atoms with van der Waals surface area (Å²) in [6, 6.07) is 7.26. The maximum absolute atomic E-state index is 12.2. The van der Waals surface area contributed by atoms with Gasteiger partial charge in [-0.3, -0.25) is 9.59 Å². The lowest BCUT2D eigenvalue weighted by atomic mass is 10.2. The molecule has 2 aromatic carbocycles. The first-order valence-electron chi connectivity index (χ1n) is 9.29. The van der Waals surface area contributed by atoms with Gasteiger partial charge in [0.25, 0.3) is 11.8 Å². The molecule has 0 fully saturated rings. The van der Waals surface area contributed by atoms with Crippen LogP contribution in [0.5, 0.6) is 11.5 Å². The third-order valence-corrected chi connectivity index (χ3v) is 6.19. The van der Waals surface area contributed by atoms with Crippen LogP contribution in [0.2, 0.25) is 0 Å². The lowest BCUT2D eigenvalue weighted by Crippen LogP contribution is -2.44. The SMILES string of the molecule is Cc1cc(Br)cc(Br)c1OCC(=O)NCC(C)NC(=O)COc1c(C)cc(Br)cc1Br. The quantitative estimate of drug-likeness (QED) is 0.369. The second-order valence-corrected chi connectivity index (χ2v) is 10.5. The van der Waals surface area contributed by atoms with Crippen molar-refractivity contribution in [2.24, 2.45) is 0 Å². The molecule has 0 spiro atoms. The number of amides is 2. The number of carbonyl (C=O) groups excluding carboxylic acids is 2. The van der Waals surface area contributed by atoms with Gasteiger partial charge >= 0.3 is 0 Å². The van der Waals surface area contributed by atoms with Crippen molar-refractivity contribution in [1.29, 1.82) is 0 Å². The van der Waals surface area contributed by atoms with Crippen molar-refractivity contribution in [1.82, 2.24) is 10.6 Å². The van der Waals surface area contributed by atoms with Gasteiger partial charge in [-0.2, -0.15) is 0 Å². The molecule has 0 aliphatic carbocycles. The molecular formula is C21H22Br4N2O4. The standard InChI is InChI=1S/C21H22Br4N2O4/c1-11-4-14(22)6-16(24)20(11)30-9-18(28)26-8-13(3)27-19(29)10-31-21-12(2)5-15(23)7-17(21)25/h4-7,13H,8-10H2,1-3H3,(H,26,28)(H,27,29). The van der Waals surface area contributed by atoms with Crippen molar-refractivity contribution in [3.05, 3.63) is 53.3 Å². The lowest BCUT2D eigenvalue weighted by Gasteiger charge is -2.17.